The van der Waals surface area contributed by atoms with E-state index in [1.54, 1.807) is 0 Å². The lowest BCUT2D eigenvalue weighted by Crippen LogP contribution is -2.43. The van der Waals surface area contributed by atoms with Gasteiger partial charge in [0.15, 0.2) is 0 Å². The second-order valence-electron chi connectivity index (χ2n) is 4.17. The van der Waals surface area contributed by atoms with Gasteiger partial charge in [0.25, 0.3) is 0 Å². The summed E-state index contributed by atoms with van der Waals surface area (Å²) < 4.78 is 0. The smallest absolute Gasteiger partial charge is 0.326 e. The highest BCUT2D eigenvalue weighted by atomic mass is 16.4. The van der Waals surface area contributed by atoms with Crippen molar-refractivity contribution >= 4 is 11.9 Å². The average molecular weight is 225 g/mol. The summed E-state index contributed by atoms with van der Waals surface area (Å²) in [5.74, 6) is -1.12. The molecule has 1 aliphatic rings. The lowest BCUT2D eigenvalue weighted by atomic mass is 9.93. The molecule has 0 fully saturated rings. The average Bonchev–Trinajstić information content (AvgIpc) is 2.29. The molecular weight excluding hydrogens is 206 g/mol. The van der Waals surface area contributed by atoms with Crippen molar-refractivity contribution in [3.63, 3.8) is 0 Å². The van der Waals surface area contributed by atoms with Gasteiger partial charge in [-0.1, -0.05) is 25.5 Å². The molecule has 4 nitrogen and oxygen atoms in total. The molecule has 0 spiro atoms. The van der Waals surface area contributed by atoms with Crippen LogP contribution >= 0.6 is 0 Å². The topological polar surface area (TPSA) is 66.4 Å². The fourth-order valence-corrected chi connectivity index (χ4v) is 1.87. The van der Waals surface area contributed by atoms with E-state index in [4.69, 9.17) is 5.11 Å². The van der Waals surface area contributed by atoms with Gasteiger partial charge in [-0.05, 0) is 25.7 Å². The van der Waals surface area contributed by atoms with Crippen LogP contribution in [0.1, 0.15) is 39.0 Å². The van der Waals surface area contributed by atoms with E-state index in [0.29, 0.717) is 6.42 Å². The Morgan fingerprint density at radius 1 is 1.50 bits per heavy atom. The van der Waals surface area contributed by atoms with Gasteiger partial charge < -0.3 is 10.4 Å². The molecule has 0 heterocycles. The van der Waals surface area contributed by atoms with Crippen LogP contribution in [0.4, 0.5) is 0 Å². The Bertz CT molecular complexity index is 286. The minimum absolute atomic E-state index is 0.0521. The molecule has 0 saturated carbocycles. The third-order valence-corrected chi connectivity index (χ3v) is 2.83. The number of carbonyl (C=O) groups is 2. The minimum atomic E-state index is -0.943. The number of rotatable bonds is 5. The Labute approximate surface area is 95.7 Å². The van der Waals surface area contributed by atoms with Crippen molar-refractivity contribution < 1.29 is 14.7 Å². The maximum atomic E-state index is 11.8. The molecule has 1 aliphatic carbocycles. The van der Waals surface area contributed by atoms with E-state index in [2.05, 4.69) is 11.4 Å². The maximum Gasteiger partial charge on any atom is 0.326 e. The molecule has 0 aromatic heterocycles. The van der Waals surface area contributed by atoms with Gasteiger partial charge in [-0.3, -0.25) is 4.79 Å². The number of carbonyl (C=O) groups excluding carboxylic acids is 1. The molecular formula is C12H19NO3. The molecule has 1 unspecified atom stereocenters. The summed E-state index contributed by atoms with van der Waals surface area (Å²) in [6.07, 6.45) is 7.74. The molecule has 16 heavy (non-hydrogen) atoms. The van der Waals surface area contributed by atoms with Crippen molar-refractivity contribution in [2.75, 3.05) is 0 Å². The molecule has 90 valence electrons. The zero-order valence-electron chi connectivity index (χ0n) is 9.61. The van der Waals surface area contributed by atoms with Gasteiger partial charge in [0.1, 0.15) is 6.04 Å². The van der Waals surface area contributed by atoms with Crippen molar-refractivity contribution in [1.29, 1.82) is 0 Å². The quantitative estimate of drug-likeness (QED) is 0.700. The minimum Gasteiger partial charge on any atom is -0.480 e. The molecule has 4 heteroatoms. The highest BCUT2D eigenvalue weighted by Crippen LogP contribution is 2.18. The van der Waals surface area contributed by atoms with Crippen molar-refractivity contribution in [3.05, 3.63) is 12.2 Å². The fraction of sp³-hybridized carbons (Fsp3) is 0.667. The summed E-state index contributed by atoms with van der Waals surface area (Å²) in [5, 5.41) is 11.5. The van der Waals surface area contributed by atoms with E-state index in [9.17, 15) is 9.59 Å². The first kappa shape index (κ1) is 12.7. The summed E-state index contributed by atoms with van der Waals surface area (Å²) in [6.45, 7) is 1.91. The summed E-state index contributed by atoms with van der Waals surface area (Å²) >= 11 is 0. The number of aliphatic carboxylic acids is 1. The van der Waals surface area contributed by atoms with Crippen LogP contribution in [-0.4, -0.2) is 23.0 Å². The molecule has 2 atom stereocenters. The number of nitrogens with one attached hydrogen (secondary N) is 1. The molecule has 1 amide bonds. The normalized spacial score (nSPS) is 21.4. The highest BCUT2D eigenvalue weighted by Gasteiger charge is 2.24. The van der Waals surface area contributed by atoms with Crippen LogP contribution in [0.2, 0.25) is 0 Å². The van der Waals surface area contributed by atoms with Crippen molar-refractivity contribution in [1.82, 2.24) is 5.32 Å². The second-order valence-corrected chi connectivity index (χ2v) is 4.17. The van der Waals surface area contributed by atoms with Gasteiger partial charge in [0, 0.05) is 5.92 Å². The fourth-order valence-electron chi connectivity index (χ4n) is 1.87. The largest absolute Gasteiger partial charge is 0.480 e. The Kier molecular flexibility index (Phi) is 5.02. The van der Waals surface area contributed by atoms with E-state index in [1.807, 2.05) is 13.0 Å². The van der Waals surface area contributed by atoms with Gasteiger partial charge in [0.05, 0.1) is 0 Å². The second kappa shape index (κ2) is 6.30. The summed E-state index contributed by atoms with van der Waals surface area (Å²) in [7, 11) is 0. The molecule has 0 radical (unpaired) electrons. The molecule has 2 N–H and O–H groups in total. The van der Waals surface area contributed by atoms with E-state index in [1.165, 1.54) is 0 Å². The first-order valence-corrected chi connectivity index (χ1v) is 5.83. The van der Waals surface area contributed by atoms with Gasteiger partial charge in [-0.15, -0.1) is 0 Å². The van der Waals surface area contributed by atoms with Crippen LogP contribution in [0.5, 0.6) is 0 Å². The van der Waals surface area contributed by atoms with Crippen molar-refractivity contribution in [3.8, 4) is 0 Å². The number of amides is 1. The number of hydrogen-bond acceptors (Lipinski definition) is 2. The van der Waals surface area contributed by atoms with Gasteiger partial charge in [-0.25, -0.2) is 4.79 Å². The number of carboxylic acids is 1. The number of hydrogen-bond donors (Lipinski definition) is 2. The van der Waals surface area contributed by atoms with Crippen molar-refractivity contribution in [2.45, 2.75) is 45.1 Å². The van der Waals surface area contributed by atoms with Crippen LogP contribution in [0, 0.1) is 5.92 Å². The van der Waals surface area contributed by atoms with E-state index in [-0.39, 0.29) is 11.8 Å². The van der Waals surface area contributed by atoms with E-state index in [0.717, 1.165) is 25.7 Å². The number of carboxylic acid groups (broad SMARTS) is 1. The zero-order chi connectivity index (χ0) is 12.0. The molecule has 0 saturated heterocycles. The SMILES string of the molecule is CCC[C@H](NC(=O)C1CC=CCC1)C(=O)O. The monoisotopic (exact) mass is 225 g/mol. The molecule has 1 rings (SSSR count). The molecule has 0 aromatic carbocycles. The Morgan fingerprint density at radius 3 is 2.75 bits per heavy atom. The van der Waals surface area contributed by atoms with E-state index < -0.39 is 12.0 Å². The Balaban J connectivity index is 2.47. The van der Waals surface area contributed by atoms with E-state index >= 15 is 0 Å². The summed E-state index contributed by atoms with van der Waals surface area (Å²) in [6, 6.07) is -0.733. The Hall–Kier alpha value is -1.32. The van der Waals surface area contributed by atoms with Crippen LogP contribution < -0.4 is 5.32 Å². The highest BCUT2D eigenvalue weighted by molar-refractivity contribution is 5.85. The number of allylic oxidation sites excluding steroid dienone is 2. The summed E-state index contributed by atoms with van der Waals surface area (Å²) in [5.41, 5.74) is 0. The van der Waals surface area contributed by atoms with Crippen LogP contribution in [0.3, 0.4) is 0 Å². The first-order chi connectivity index (χ1) is 7.65. The predicted octanol–water partition coefficient (Wildman–Crippen LogP) is 1.71. The molecule has 0 bridgehead atoms. The first-order valence-electron chi connectivity index (χ1n) is 5.83. The van der Waals surface area contributed by atoms with Crippen LogP contribution in [0.25, 0.3) is 0 Å². The summed E-state index contributed by atoms with van der Waals surface area (Å²) in [4.78, 5) is 22.7. The molecule has 0 aromatic rings. The third kappa shape index (κ3) is 3.68. The van der Waals surface area contributed by atoms with Gasteiger partial charge in [0.2, 0.25) is 5.91 Å². The van der Waals surface area contributed by atoms with Gasteiger partial charge in [-0.2, -0.15) is 0 Å². The Morgan fingerprint density at radius 2 is 2.25 bits per heavy atom. The predicted molar refractivity (Wildman–Crippen MR) is 61.0 cm³/mol. The maximum absolute atomic E-state index is 11.8. The third-order valence-electron chi connectivity index (χ3n) is 2.83. The van der Waals surface area contributed by atoms with Crippen LogP contribution in [-0.2, 0) is 9.59 Å². The molecule has 0 aliphatic heterocycles. The van der Waals surface area contributed by atoms with Gasteiger partial charge >= 0.3 is 5.97 Å². The van der Waals surface area contributed by atoms with Crippen LogP contribution in [0.15, 0.2) is 12.2 Å². The van der Waals surface area contributed by atoms with Crippen molar-refractivity contribution in [2.24, 2.45) is 5.92 Å². The standard InChI is InChI=1S/C12H19NO3/c1-2-6-10(12(15)16)13-11(14)9-7-4-3-5-8-9/h3-4,9-10H,2,5-8H2,1H3,(H,13,14)(H,15,16)/t9?,10-/m0/s1. The zero-order valence-corrected chi connectivity index (χ0v) is 9.61. The lowest BCUT2D eigenvalue weighted by Gasteiger charge is -2.20. The lowest BCUT2D eigenvalue weighted by molar-refractivity contribution is -0.142.